The zero-order valence-corrected chi connectivity index (χ0v) is 16.4. The van der Waals surface area contributed by atoms with Crippen LogP contribution in [-0.4, -0.2) is 47.0 Å². The van der Waals surface area contributed by atoms with E-state index in [0.717, 1.165) is 19.3 Å². The number of likely N-dealkylation sites (tertiary alicyclic amines) is 1. The third-order valence-electron chi connectivity index (χ3n) is 4.82. The highest BCUT2D eigenvalue weighted by molar-refractivity contribution is 5.93. The first-order valence-corrected chi connectivity index (χ1v) is 9.44. The van der Waals surface area contributed by atoms with Crippen LogP contribution in [0.1, 0.15) is 47.0 Å². The molecule has 148 valence electrons. The smallest absolute Gasteiger partial charge is 0.329 e. The summed E-state index contributed by atoms with van der Waals surface area (Å²) < 4.78 is 5.30. The van der Waals surface area contributed by atoms with Crippen molar-refractivity contribution in [2.24, 2.45) is 0 Å². The first kappa shape index (κ1) is 20.7. The monoisotopic (exact) mass is 375 g/mol. The molecule has 0 radical (unpaired) electrons. The van der Waals surface area contributed by atoms with Gasteiger partial charge in [0.25, 0.3) is 5.91 Å². The molecule has 0 unspecified atom stereocenters. The summed E-state index contributed by atoms with van der Waals surface area (Å²) in [5, 5.41) is 5.15. The molecule has 0 aromatic heterocycles. The molecule has 7 heteroatoms. The predicted molar refractivity (Wildman–Crippen MR) is 103 cm³/mol. The van der Waals surface area contributed by atoms with Gasteiger partial charge in [0, 0.05) is 17.8 Å². The van der Waals surface area contributed by atoms with E-state index in [1.807, 2.05) is 24.8 Å². The molecular weight excluding hydrogens is 346 g/mol. The number of hydrogen-bond donors (Lipinski definition) is 2. The van der Waals surface area contributed by atoms with Gasteiger partial charge in [-0.2, -0.15) is 0 Å². The summed E-state index contributed by atoms with van der Waals surface area (Å²) in [6, 6.07) is 7.79. The minimum atomic E-state index is -0.887. The number of para-hydroxylation sites is 1. The highest BCUT2D eigenvalue weighted by Gasteiger charge is 2.33. The van der Waals surface area contributed by atoms with Crippen LogP contribution in [-0.2, 0) is 14.3 Å². The number of piperidine rings is 1. The number of urea groups is 1. The van der Waals surface area contributed by atoms with Gasteiger partial charge in [0.2, 0.25) is 0 Å². The van der Waals surface area contributed by atoms with E-state index >= 15 is 0 Å². The van der Waals surface area contributed by atoms with Gasteiger partial charge in [0.15, 0.2) is 6.10 Å². The number of carbonyl (C=O) groups excluding carboxylic acids is 3. The lowest BCUT2D eigenvalue weighted by atomic mass is 9.97. The largest absolute Gasteiger partial charge is 0.451 e. The highest BCUT2D eigenvalue weighted by atomic mass is 16.5. The molecule has 2 N–H and O–H groups in total. The normalized spacial score (nSPS) is 21.7. The Morgan fingerprint density at radius 1 is 1.07 bits per heavy atom. The number of ether oxygens (including phenoxy) is 1. The van der Waals surface area contributed by atoms with E-state index in [-0.39, 0.29) is 18.0 Å². The molecular formula is C20H29N3O4. The molecule has 3 amide bonds. The Hall–Kier alpha value is -2.57. The van der Waals surface area contributed by atoms with Crippen LogP contribution in [0.4, 0.5) is 10.5 Å². The highest BCUT2D eigenvalue weighted by Crippen LogP contribution is 2.23. The molecule has 7 nitrogen and oxygen atoms in total. The Morgan fingerprint density at radius 3 is 2.26 bits per heavy atom. The molecule has 1 aliphatic heterocycles. The fourth-order valence-corrected chi connectivity index (χ4v) is 3.34. The molecule has 2 rings (SSSR count). The summed E-state index contributed by atoms with van der Waals surface area (Å²) in [6.45, 7) is 7.13. The first-order valence-electron chi connectivity index (χ1n) is 9.44. The summed E-state index contributed by atoms with van der Waals surface area (Å²) in [5.74, 6) is -0.833. The number of benzene rings is 1. The lowest BCUT2D eigenvalue weighted by molar-refractivity contribution is -0.163. The average Bonchev–Trinajstić information content (AvgIpc) is 2.62. The minimum Gasteiger partial charge on any atom is -0.451 e. The van der Waals surface area contributed by atoms with Crippen molar-refractivity contribution in [1.82, 2.24) is 10.2 Å². The average molecular weight is 375 g/mol. The van der Waals surface area contributed by atoms with Gasteiger partial charge < -0.3 is 20.3 Å². The Labute approximate surface area is 160 Å². The van der Waals surface area contributed by atoms with Gasteiger partial charge in [-0.3, -0.25) is 4.79 Å². The lowest BCUT2D eigenvalue weighted by Crippen LogP contribution is -2.52. The van der Waals surface area contributed by atoms with Gasteiger partial charge in [0.1, 0.15) is 6.04 Å². The minimum absolute atomic E-state index is 0.134. The van der Waals surface area contributed by atoms with Crippen molar-refractivity contribution in [3.8, 4) is 0 Å². The third kappa shape index (κ3) is 5.70. The number of nitrogens with zero attached hydrogens (tertiary/aromatic N) is 1. The Kier molecular flexibility index (Phi) is 7.21. The summed E-state index contributed by atoms with van der Waals surface area (Å²) in [5.41, 5.74) is 0.618. The molecule has 1 aromatic carbocycles. The second kappa shape index (κ2) is 9.39. The number of amides is 3. The maximum atomic E-state index is 12.7. The van der Waals surface area contributed by atoms with Crippen LogP contribution in [0.5, 0.6) is 0 Å². The molecule has 1 aliphatic rings. The van der Waals surface area contributed by atoms with Crippen LogP contribution in [0.15, 0.2) is 30.3 Å². The van der Waals surface area contributed by atoms with Crippen LogP contribution in [0.3, 0.4) is 0 Å². The molecule has 0 aliphatic carbocycles. The Balaban J connectivity index is 1.85. The van der Waals surface area contributed by atoms with E-state index in [1.54, 1.807) is 31.2 Å². The van der Waals surface area contributed by atoms with E-state index in [4.69, 9.17) is 4.74 Å². The van der Waals surface area contributed by atoms with Crippen molar-refractivity contribution in [3.63, 3.8) is 0 Å². The molecule has 0 bridgehead atoms. The van der Waals surface area contributed by atoms with Crippen molar-refractivity contribution in [2.45, 2.75) is 71.2 Å². The first-order chi connectivity index (χ1) is 12.8. The van der Waals surface area contributed by atoms with E-state index < -0.39 is 24.1 Å². The standard InChI is InChI=1S/C20H29N3O4/c1-13-9-8-10-14(2)23(13)18(24)16(4)27-19(25)15(3)21-20(26)22-17-11-6-5-7-12-17/h5-7,11-16H,8-10H2,1-4H3,(H2,21,22,26)/t13-,14+,15-,16+/m0/s1. The van der Waals surface area contributed by atoms with E-state index in [9.17, 15) is 14.4 Å². The Bertz CT molecular complexity index is 654. The second-order valence-corrected chi connectivity index (χ2v) is 7.14. The molecule has 0 saturated carbocycles. The fourth-order valence-electron chi connectivity index (χ4n) is 3.34. The Morgan fingerprint density at radius 2 is 1.67 bits per heavy atom. The van der Waals surface area contributed by atoms with E-state index in [2.05, 4.69) is 10.6 Å². The molecule has 27 heavy (non-hydrogen) atoms. The fraction of sp³-hybridized carbons (Fsp3) is 0.550. The topological polar surface area (TPSA) is 87.7 Å². The van der Waals surface area contributed by atoms with Gasteiger partial charge in [-0.05, 0) is 59.1 Å². The van der Waals surface area contributed by atoms with Crippen LogP contribution in [0.2, 0.25) is 0 Å². The maximum Gasteiger partial charge on any atom is 0.329 e. The molecule has 0 spiro atoms. The van der Waals surface area contributed by atoms with Crippen molar-refractivity contribution in [2.75, 3.05) is 5.32 Å². The molecule has 1 fully saturated rings. The van der Waals surface area contributed by atoms with Gasteiger partial charge in [-0.15, -0.1) is 0 Å². The zero-order valence-electron chi connectivity index (χ0n) is 16.4. The van der Waals surface area contributed by atoms with Crippen molar-refractivity contribution in [3.05, 3.63) is 30.3 Å². The number of hydrogen-bond acceptors (Lipinski definition) is 4. The molecule has 1 saturated heterocycles. The third-order valence-corrected chi connectivity index (χ3v) is 4.82. The zero-order chi connectivity index (χ0) is 20.0. The number of anilines is 1. The van der Waals surface area contributed by atoms with Gasteiger partial charge in [-0.1, -0.05) is 18.2 Å². The molecule has 4 atom stereocenters. The van der Waals surface area contributed by atoms with Gasteiger partial charge >= 0.3 is 12.0 Å². The van der Waals surface area contributed by atoms with Gasteiger partial charge in [-0.25, -0.2) is 9.59 Å². The summed E-state index contributed by atoms with van der Waals surface area (Å²) in [6.07, 6.45) is 2.11. The number of rotatable bonds is 5. The molecule has 1 heterocycles. The van der Waals surface area contributed by atoms with E-state index in [0.29, 0.717) is 5.69 Å². The van der Waals surface area contributed by atoms with Crippen molar-refractivity contribution in [1.29, 1.82) is 0 Å². The summed E-state index contributed by atoms with van der Waals surface area (Å²) in [4.78, 5) is 38.7. The predicted octanol–water partition coefficient (Wildman–Crippen LogP) is 2.92. The van der Waals surface area contributed by atoms with Crippen LogP contribution >= 0.6 is 0 Å². The summed E-state index contributed by atoms with van der Waals surface area (Å²) >= 11 is 0. The lowest BCUT2D eigenvalue weighted by Gasteiger charge is -2.40. The van der Waals surface area contributed by atoms with Crippen LogP contribution in [0.25, 0.3) is 0 Å². The quantitative estimate of drug-likeness (QED) is 0.775. The SMILES string of the molecule is C[C@H](NC(=O)Nc1ccccc1)C(=O)O[C@H](C)C(=O)N1[C@H](C)CCC[C@@H]1C. The van der Waals surface area contributed by atoms with Crippen LogP contribution in [0, 0.1) is 0 Å². The van der Waals surface area contributed by atoms with Gasteiger partial charge in [0.05, 0.1) is 0 Å². The second-order valence-electron chi connectivity index (χ2n) is 7.14. The maximum absolute atomic E-state index is 12.7. The summed E-state index contributed by atoms with van der Waals surface area (Å²) in [7, 11) is 0. The van der Waals surface area contributed by atoms with Crippen molar-refractivity contribution >= 4 is 23.6 Å². The number of esters is 1. The van der Waals surface area contributed by atoms with Crippen LogP contribution < -0.4 is 10.6 Å². The number of carbonyl (C=O) groups is 3. The number of nitrogens with one attached hydrogen (secondary N) is 2. The van der Waals surface area contributed by atoms with E-state index in [1.165, 1.54) is 6.92 Å². The molecule has 1 aromatic rings. The van der Waals surface area contributed by atoms with Crippen molar-refractivity contribution < 1.29 is 19.1 Å².